The molecule has 2 rings (SSSR count). The fourth-order valence-corrected chi connectivity index (χ4v) is 4.18. The first-order valence-electron chi connectivity index (χ1n) is 9.01. The first-order chi connectivity index (χ1) is 13.1. The Morgan fingerprint density at radius 2 is 1.75 bits per heavy atom. The highest BCUT2D eigenvalue weighted by molar-refractivity contribution is 7.89. The van der Waals surface area contributed by atoms with Gasteiger partial charge in [-0.25, -0.2) is 13.1 Å². The van der Waals surface area contributed by atoms with Crippen LogP contribution in [0.2, 0.25) is 0 Å². The van der Waals surface area contributed by atoms with Crippen LogP contribution >= 0.6 is 0 Å². The first kappa shape index (κ1) is 21.8. The van der Waals surface area contributed by atoms with Crippen LogP contribution in [0.3, 0.4) is 0 Å². The van der Waals surface area contributed by atoms with Crippen LogP contribution in [0.5, 0.6) is 0 Å². The maximum atomic E-state index is 12.3. The molecule has 28 heavy (non-hydrogen) atoms. The maximum Gasteiger partial charge on any atom is 0.293 e. The molecule has 0 saturated heterocycles. The van der Waals surface area contributed by atoms with Crippen LogP contribution in [0, 0.1) is 10.1 Å². The largest absolute Gasteiger partial charge is 0.373 e. The lowest BCUT2D eigenvalue weighted by atomic mass is 10.1. The quantitative estimate of drug-likeness (QED) is 0.432. The Labute approximate surface area is 165 Å². The lowest BCUT2D eigenvalue weighted by Crippen LogP contribution is -3.06. The van der Waals surface area contributed by atoms with Gasteiger partial charge in [0.1, 0.15) is 11.7 Å². The number of hydrogen-bond acceptors (Lipinski definition) is 5. The molecule has 152 valence electrons. The zero-order valence-corrected chi connectivity index (χ0v) is 17.3. The van der Waals surface area contributed by atoms with Gasteiger partial charge in [0.25, 0.3) is 5.69 Å². The van der Waals surface area contributed by atoms with Crippen LogP contribution in [0.4, 0.5) is 11.4 Å². The van der Waals surface area contributed by atoms with Crippen molar-refractivity contribution in [1.82, 2.24) is 4.72 Å². The van der Waals surface area contributed by atoms with E-state index < -0.39 is 14.9 Å². The van der Waals surface area contributed by atoms with Crippen molar-refractivity contribution in [1.29, 1.82) is 0 Å². The zero-order chi connectivity index (χ0) is 20.9. The van der Waals surface area contributed by atoms with Crippen molar-refractivity contribution in [2.45, 2.75) is 30.8 Å². The molecule has 0 bridgehead atoms. The molecule has 0 radical (unpaired) electrons. The minimum atomic E-state index is -3.81. The molecule has 0 aliphatic rings. The van der Waals surface area contributed by atoms with Crippen molar-refractivity contribution in [3.05, 3.63) is 64.2 Å². The molecule has 2 aromatic carbocycles. The van der Waals surface area contributed by atoms with E-state index in [-0.39, 0.29) is 28.4 Å². The predicted molar refractivity (Wildman–Crippen MR) is 109 cm³/mol. The summed E-state index contributed by atoms with van der Waals surface area (Å²) in [5.74, 6) is 0. The van der Waals surface area contributed by atoms with Crippen molar-refractivity contribution in [3.8, 4) is 0 Å². The highest BCUT2D eigenvalue weighted by atomic mass is 32.2. The van der Waals surface area contributed by atoms with Gasteiger partial charge in [-0.05, 0) is 26.0 Å². The molecule has 1 atom stereocenters. The van der Waals surface area contributed by atoms with Crippen LogP contribution in [0.25, 0.3) is 0 Å². The summed E-state index contributed by atoms with van der Waals surface area (Å²) in [6.45, 7) is 3.84. The highest BCUT2D eigenvalue weighted by Gasteiger charge is 2.24. The van der Waals surface area contributed by atoms with Crippen LogP contribution in [-0.4, -0.2) is 40.0 Å². The zero-order valence-electron chi connectivity index (χ0n) is 16.5. The number of benzene rings is 2. The molecule has 3 N–H and O–H groups in total. The molecule has 0 fully saturated rings. The molecule has 0 unspecified atom stereocenters. The predicted octanol–water partition coefficient (Wildman–Crippen LogP) is 1.58. The van der Waals surface area contributed by atoms with Gasteiger partial charge in [-0.15, -0.1) is 0 Å². The van der Waals surface area contributed by atoms with E-state index in [0.717, 1.165) is 11.6 Å². The van der Waals surface area contributed by atoms with Gasteiger partial charge >= 0.3 is 0 Å². The van der Waals surface area contributed by atoms with E-state index >= 15 is 0 Å². The van der Waals surface area contributed by atoms with E-state index in [4.69, 9.17) is 0 Å². The molecule has 0 amide bonds. The second-order valence-corrected chi connectivity index (χ2v) is 8.85. The van der Waals surface area contributed by atoms with Gasteiger partial charge in [0.05, 0.1) is 30.5 Å². The molecule has 0 aliphatic carbocycles. The third-order valence-electron chi connectivity index (χ3n) is 4.26. The average molecular weight is 408 g/mol. The number of rotatable bonds is 9. The summed E-state index contributed by atoms with van der Waals surface area (Å²) in [6.07, 6.45) is 0. The van der Waals surface area contributed by atoms with E-state index in [1.807, 2.05) is 44.4 Å². The molecule has 0 saturated carbocycles. The Morgan fingerprint density at radius 1 is 1.11 bits per heavy atom. The lowest BCUT2D eigenvalue weighted by molar-refractivity contribution is -0.890. The SMILES string of the molecule is CC(C)NS(=O)(=O)c1ccc(NC[C@H](c2ccccc2)[NH+](C)C)c([N+](=O)[O-])c1. The molecule has 0 aromatic heterocycles. The number of nitro benzene ring substituents is 1. The first-order valence-corrected chi connectivity index (χ1v) is 10.5. The van der Waals surface area contributed by atoms with Crippen molar-refractivity contribution >= 4 is 21.4 Å². The standard InChI is InChI=1S/C19H26N4O4S/c1-14(2)21-28(26,27)16-10-11-17(18(12-16)23(24)25)20-13-19(22(3)4)15-8-6-5-7-9-15/h5-12,14,19-21H,13H2,1-4H3/p+1/t19-/m1/s1. The molecule has 8 nitrogen and oxygen atoms in total. The molecular weight excluding hydrogens is 380 g/mol. The number of quaternary nitrogens is 1. The molecule has 0 spiro atoms. The number of nitro groups is 1. The van der Waals surface area contributed by atoms with Crippen LogP contribution < -0.4 is 14.9 Å². The smallest absolute Gasteiger partial charge is 0.293 e. The third-order valence-corrected chi connectivity index (χ3v) is 5.92. The number of sulfonamides is 1. The molecule has 0 heterocycles. The van der Waals surface area contributed by atoms with Crippen LogP contribution in [0.15, 0.2) is 53.4 Å². The van der Waals surface area contributed by atoms with Crippen molar-refractivity contribution in [3.63, 3.8) is 0 Å². The third kappa shape index (κ3) is 5.51. The van der Waals surface area contributed by atoms with E-state index in [9.17, 15) is 18.5 Å². The van der Waals surface area contributed by atoms with Crippen molar-refractivity contribution in [2.75, 3.05) is 26.0 Å². The van der Waals surface area contributed by atoms with Crippen LogP contribution in [0.1, 0.15) is 25.5 Å². The second kappa shape index (κ2) is 9.13. The van der Waals surface area contributed by atoms with E-state index in [1.54, 1.807) is 13.8 Å². The molecule has 0 aliphatic heterocycles. The normalized spacial score (nSPS) is 12.9. The Morgan fingerprint density at radius 3 is 2.29 bits per heavy atom. The highest BCUT2D eigenvalue weighted by Crippen LogP contribution is 2.28. The van der Waals surface area contributed by atoms with E-state index in [2.05, 4.69) is 10.0 Å². The second-order valence-electron chi connectivity index (χ2n) is 7.13. The summed E-state index contributed by atoms with van der Waals surface area (Å²) >= 11 is 0. The summed E-state index contributed by atoms with van der Waals surface area (Å²) in [4.78, 5) is 12.0. The topological polar surface area (TPSA) is 106 Å². The summed E-state index contributed by atoms with van der Waals surface area (Å²) in [5.41, 5.74) is 1.13. The molecular formula is C19H27N4O4S+. The van der Waals surface area contributed by atoms with E-state index in [1.165, 1.54) is 17.0 Å². The van der Waals surface area contributed by atoms with Crippen molar-refractivity contribution in [2.24, 2.45) is 0 Å². The maximum absolute atomic E-state index is 12.3. The molecule has 2 aromatic rings. The van der Waals surface area contributed by atoms with Crippen molar-refractivity contribution < 1.29 is 18.2 Å². The van der Waals surface area contributed by atoms with Crippen LogP contribution in [-0.2, 0) is 10.0 Å². The Kier molecular flexibility index (Phi) is 7.11. The van der Waals surface area contributed by atoms with Gasteiger partial charge in [0.15, 0.2) is 0 Å². The summed E-state index contributed by atoms with van der Waals surface area (Å²) < 4.78 is 27.1. The van der Waals surface area contributed by atoms with Gasteiger partial charge in [0.2, 0.25) is 10.0 Å². The number of hydrogen-bond donors (Lipinski definition) is 3. The minimum Gasteiger partial charge on any atom is -0.373 e. The fraction of sp³-hybridized carbons (Fsp3) is 0.368. The number of nitrogens with zero attached hydrogens (tertiary/aromatic N) is 1. The van der Waals surface area contributed by atoms with Gasteiger partial charge < -0.3 is 10.2 Å². The minimum absolute atomic E-state index is 0.0758. The van der Waals surface area contributed by atoms with E-state index in [0.29, 0.717) is 6.54 Å². The van der Waals surface area contributed by atoms with Gasteiger partial charge in [-0.3, -0.25) is 10.1 Å². The number of likely N-dealkylation sites (N-methyl/N-ethyl adjacent to an activating group) is 1. The monoisotopic (exact) mass is 407 g/mol. The Bertz CT molecular complexity index is 915. The Balaban J connectivity index is 2.29. The molecule has 9 heteroatoms. The summed E-state index contributed by atoms with van der Waals surface area (Å²) in [5, 5.41) is 14.6. The summed E-state index contributed by atoms with van der Waals surface area (Å²) in [7, 11) is 0.223. The number of nitrogens with one attached hydrogen (secondary N) is 3. The Hall–Kier alpha value is -2.49. The van der Waals surface area contributed by atoms with Gasteiger partial charge in [-0.2, -0.15) is 0 Å². The van der Waals surface area contributed by atoms with Gasteiger partial charge in [0, 0.05) is 17.7 Å². The number of anilines is 1. The fourth-order valence-electron chi connectivity index (χ4n) is 2.91. The van der Waals surface area contributed by atoms with Gasteiger partial charge in [-0.1, -0.05) is 30.3 Å². The summed E-state index contributed by atoms with van der Waals surface area (Å²) in [6, 6.07) is 13.6. The lowest BCUT2D eigenvalue weighted by Gasteiger charge is -2.22. The average Bonchev–Trinajstić information content (AvgIpc) is 2.61.